The number of carboxylic acid groups (broad SMARTS) is 1. The van der Waals surface area contributed by atoms with Crippen molar-refractivity contribution in [3.8, 4) is 0 Å². The molecule has 1 atom stereocenters. The average molecular weight is 185 g/mol. The molecule has 0 aliphatic carbocycles. The number of rotatable bonds is 4. The Balaban J connectivity index is 2.47. The molecule has 0 fully saturated rings. The minimum Gasteiger partial charge on any atom is -0.480 e. The van der Waals surface area contributed by atoms with E-state index >= 15 is 0 Å². The van der Waals surface area contributed by atoms with Gasteiger partial charge in [-0.1, -0.05) is 0 Å². The molecular formula is C7H11N3O3. The van der Waals surface area contributed by atoms with Crippen LogP contribution in [0.2, 0.25) is 0 Å². The number of aliphatic carboxylic acids is 1. The summed E-state index contributed by atoms with van der Waals surface area (Å²) in [6, 6.07) is -0.905. The highest BCUT2D eigenvalue weighted by atomic mass is 16.4. The van der Waals surface area contributed by atoms with Gasteiger partial charge in [0.1, 0.15) is 6.04 Å². The Bertz CT molecular complexity index is 268. The van der Waals surface area contributed by atoms with Crippen molar-refractivity contribution in [3.63, 3.8) is 0 Å². The van der Waals surface area contributed by atoms with Crippen LogP contribution >= 0.6 is 0 Å². The van der Waals surface area contributed by atoms with Crippen molar-refractivity contribution in [1.29, 1.82) is 0 Å². The zero-order valence-electron chi connectivity index (χ0n) is 7.44. The molecule has 0 saturated heterocycles. The maximum Gasteiger partial charge on any atom is 0.326 e. The number of hydrogen-bond acceptors (Lipinski definition) is 4. The molecule has 1 heterocycles. The standard InChI is InChI=1S/C7H11N3O3/c1-4(11)8-5(6(12)13)3-7(2)9-10-7/h5H,3H2,1-2H3,(H,8,11)(H,12,13)/t5-/m0/s1. The van der Waals surface area contributed by atoms with Gasteiger partial charge in [-0.15, -0.1) is 0 Å². The summed E-state index contributed by atoms with van der Waals surface area (Å²) >= 11 is 0. The first-order valence-electron chi connectivity index (χ1n) is 3.87. The van der Waals surface area contributed by atoms with Crippen LogP contribution in [-0.4, -0.2) is 28.7 Å². The van der Waals surface area contributed by atoms with Crippen LogP contribution in [0.15, 0.2) is 10.2 Å². The Morgan fingerprint density at radius 2 is 2.08 bits per heavy atom. The number of hydrogen-bond donors (Lipinski definition) is 2. The Morgan fingerprint density at radius 3 is 2.38 bits per heavy atom. The van der Waals surface area contributed by atoms with Crippen LogP contribution in [0.4, 0.5) is 0 Å². The van der Waals surface area contributed by atoms with Crippen molar-refractivity contribution in [3.05, 3.63) is 0 Å². The Labute approximate surface area is 75.0 Å². The second kappa shape index (κ2) is 3.12. The van der Waals surface area contributed by atoms with Gasteiger partial charge < -0.3 is 10.4 Å². The second-order valence-electron chi connectivity index (χ2n) is 3.21. The summed E-state index contributed by atoms with van der Waals surface area (Å²) in [7, 11) is 0. The van der Waals surface area contributed by atoms with Gasteiger partial charge in [0.15, 0.2) is 5.66 Å². The van der Waals surface area contributed by atoms with Crippen LogP contribution in [0.5, 0.6) is 0 Å². The number of carbonyl (C=O) groups is 2. The Hall–Kier alpha value is -1.46. The smallest absolute Gasteiger partial charge is 0.326 e. The van der Waals surface area contributed by atoms with E-state index in [1.165, 1.54) is 6.92 Å². The molecule has 1 rings (SSSR count). The van der Waals surface area contributed by atoms with Crippen molar-refractivity contribution in [2.75, 3.05) is 0 Å². The largest absolute Gasteiger partial charge is 0.480 e. The monoisotopic (exact) mass is 185 g/mol. The molecule has 1 amide bonds. The molecule has 13 heavy (non-hydrogen) atoms. The zero-order valence-corrected chi connectivity index (χ0v) is 7.44. The van der Waals surface area contributed by atoms with Gasteiger partial charge in [0.2, 0.25) is 5.91 Å². The molecule has 0 aromatic heterocycles. The second-order valence-corrected chi connectivity index (χ2v) is 3.21. The molecular weight excluding hydrogens is 174 g/mol. The van der Waals surface area contributed by atoms with Crippen LogP contribution in [0.25, 0.3) is 0 Å². The maximum absolute atomic E-state index is 10.6. The first kappa shape index (κ1) is 9.63. The van der Waals surface area contributed by atoms with E-state index in [9.17, 15) is 9.59 Å². The number of nitrogens with one attached hydrogen (secondary N) is 1. The quantitative estimate of drug-likeness (QED) is 0.652. The van der Waals surface area contributed by atoms with Crippen LogP contribution < -0.4 is 5.32 Å². The fourth-order valence-corrected chi connectivity index (χ4v) is 0.999. The lowest BCUT2D eigenvalue weighted by molar-refractivity contribution is -0.141. The summed E-state index contributed by atoms with van der Waals surface area (Å²) in [6.45, 7) is 2.99. The molecule has 1 aliphatic rings. The number of carbonyl (C=O) groups excluding carboxylic acids is 1. The van der Waals surface area contributed by atoms with Crippen molar-refractivity contribution < 1.29 is 14.7 Å². The summed E-state index contributed by atoms with van der Waals surface area (Å²) < 4.78 is 0. The van der Waals surface area contributed by atoms with E-state index in [2.05, 4.69) is 15.5 Å². The van der Waals surface area contributed by atoms with E-state index in [-0.39, 0.29) is 12.3 Å². The van der Waals surface area contributed by atoms with E-state index in [0.29, 0.717) is 0 Å². The minimum absolute atomic E-state index is 0.210. The van der Waals surface area contributed by atoms with Crippen molar-refractivity contribution in [2.45, 2.75) is 32.0 Å². The molecule has 0 unspecified atom stereocenters. The third-order valence-electron chi connectivity index (χ3n) is 1.71. The van der Waals surface area contributed by atoms with Crippen molar-refractivity contribution >= 4 is 11.9 Å². The molecule has 72 valence electrons. The summed E-state index contributed by atoms with van der Waals surface area (Å²) in [6.07, 6.45) is 0.210. The van der Waals surface area contributed by atoms with Crippen LogP contribution in [0.1, 0.15) is 20.3 Å². The molecule has 6 nitrogen and oxygen atoms in total. The minimum atomic E-state index is -1.06. The normalized spacial score (nSPS) is 19.2. The van der Waals surface area contributed by atoms with Gasteiger partial charge in [-0.2, -0.15) is 10.2 Å². The molecule has 0 saturated carbocycles. The lowest BCUT2D eigenvalue weighted by Crippen LogP contribution is -2.42. The topological polar surface area (TPSA) is 91.1 Å². The highest BCUT2D eigenvalue weighted by Gasteiger charge is 2.39. The molecule has 2 N–H and O–H groups in total. The van der Waals surface area contributed by atoms with Gasteiger partial charge >= 0.3 is 5.97 Å². The molecule has 0 aromatic rings. The first-order valence-corrected chi connectivity index (χ1v) is 3.87. The molecule has 0 bridgehead atoms. The van der Waals surface area contributed by atoms with Gasteiger partial charge in [-0.25, -0.2) is 4.79 Å². The lowest BCUT2D eigenvalue weighted by Gasteiger charge is -2.14. The maximum atomic E-state index is 10.6. The number of carboxylic acids is 1. The zero-order chi connectivity index (χ0) is 10.1. The van der Waals surface area contributed by atoms with Crippen LogP contribution in [0.3, 0.4) is 0 Å². The van der Waals surface area contributed by atoms with E-state index < -0.39 is 17.7 Å². The van der Waals surface area contributed by atoms with Gasteiger partial charge in [0.25, 0.3) is 0 Å². The average Bonchev–Trinajstić information content (AvgIpc) is 2.65. The SMILES string of the molecule is CC(=O)N[C@@H](CC1(C)N=N1)C(=O)O. The summed E-state index contributed by atoms with van der Waals surface area (Å²) in [5.41, 5.74) is -0.606. The highest BCUT2D eigenvalue weighted by Crippen LogP contribution is 2.31. The predicted molar refractivity (Wildman–Crippen MR) is 43.1 cm³/mol. The molecule has 1 aliphatic heterocycles. The Morgan fingerprint density at radius 1 is 1.54 bits per heavy atom. The fraction of sp³-hybridized carbons (Fsp3) is 0.714. The van der Waals surface area contributed by atoms with Gasteiger partial charge in [0, 0.05) is 13.3 Å². The lowest BCUT2D eigenvalue weighted by atomic mass is 10.1. The van der Waals surface area contributed by atoms with Gasteiger partial charge in [-0.05, 0) is 6.92 Å². The highest BCUT2D eigenvalue weighted by molar-refractivity contribution is 5.82. The van der Waals surface area contributed by atoms with E-state index in [1.54, 1.807) is 6.92 Å². The molecule has 0 aromatic carbocycles. The van der Waals surface area contributed by atoms with E-state index in [1.807, 2.05) is 0 Å². The molecule has 6 heteroatoms. The van der Waals surface area contributed by atoms with E-state index in [0.717, 1.165) is 0 Å². The third-order valence-corrected chi connectivity index (χ3v) is 1.71. The summed E-state index contributed by atoms with van der Waals surface area (Å²) in [4.78, 5) is 21.3. The van der Waals surface area contributed by atoms with Crippen molar-refractivity contribution in [2.24, 2.45) is 10.2 Å². The van der Waals surface area contributed by atoms with Crippen molar-refractivity contribution in [1.82, 2.24) is 5.32 Å². The summed E-state index contributed by atoms with van der Waals surface area (Å²) in [5, 5.41) is 18.4. The number of nitrogens with zero attached hydrogens (tertiary/aromatic N) is 2. The summed E-state index contributed by atoms with van der Waals surface area (Å²) in [5.74, 6) is -1.43. The Kier molecular flexibility index (Phi) is 2.31. The fourth-order valence-electron chi connectivity index (χ4n) is 0.999. The van der Waals surface area contributed by atoms with Gasteiger partial charge in [-0.3, -0.25) is 4.79 Å². The first-order chi connectivity index (χ1) is 5.93. The third kappa shape index (κ3) is 2.81. The number of amides is 1. The predicted octanol–water partition coefficient (Wildman–Crippen LogP) is 0.148. The van der Waals surface area contributed by atoms with E-state index in [4.69, 9.17) is 5.11 Å². The molecule has 0 radical (unpaired) electrons. The van der Waals surface area contributed by atoms with Crippen LogP contribution in [0, 0.1) is 0 Å². The van der Waals surface area contributed by atoms with Gasteiger partial charge in [0.05, 0.1) is 0 Å². The van der Waals surface area contributed by atoms with Crippen LogP contribution in [-0.2, 0) is 9.59 Å². The molecule has 0 spiro atoms.